The minimum atomic E-state index is -0.752. The van der Waals surface area contributed by atoms with Crippen molar-refractivity contribution in [2.75, 3.05) is 0 Å². The van der Waals surface area contributed by atoms with E-state index in [0.29, 0.717) is 24.3 Å². The van der Waals surface area contributed by atoms with E-state index in [2.05, 4.69) is 10.3 Å². The highest BCUT2D eigenvalue weighted by Crippen LogP contribution is 2.30. The Morgan fingerprint density at radius 1 is 1.24 bits per heavy atom. The molecule has 0 atom stereocenters. The Balaban J connectivity index is 1.77. The Labute approximate surface area is 151 Å². The van der Waals surface area contributed by atoms with Crippen LogP contribution in [0.25, 0.3) is 10.8 Å². The van der Waals surface area contributed by atoms with E-state index in [1.807, 2.05) is 38.3 Å². The van der Waals surface area contributed by atoms with Gasteiger partial charge in [-0.3, -0.25) is 9.69 Å². The molecule has 3 rings (SSSR count). The van der Waals surface area contributed by atoms with Crippen LogP contribution in [0.3, 0.4) is 0 Å². The first-order valence-electron chi connectivity index (χ1n) is 8.64. The molecule has 1 fully saturated rings. The van der Waals surface area contributed by atoms with Crippen molar-refractivity contribution >= 4 is 23.3 Å². The zero-order valence-electron chi connectivity index (χ0n) is 14.8. The van der Waals surface area contributed by atoms with Gasteiger partial charge in [0.25, 0.3) is 5.91 Å². The summed E-state index contributed by atoms with van der Waals surface area (Å²) < 4.78 is 5.58. The number of nitrogens with one attached hydrogen (secondary N) is 1. The van der Waals surface area contributed by atoms with Crippen LogP contribution in [0.2, 0.25) is 0 Å². The molecule has 0 aliphatic carbocycles. The summed E-state index contributed by atoms with van der Waals surface area (Å²) >= 11 is 1.45. The average molecular weight is 361 g/mol. The molecular formula is C18H23N3O3S. The quantitative estimate of drug-likeness (QED) is 0.753. The number of amides is 3. The molecule has 1 aliphatic heterocycles. The number of rotatable bonds is 7. The van der Waals surface area contributed by atoms with Crippen molar-refractivity contribution in [2.24, 2.45) is 0 Å². The van der Waals surface area contributed by atoms with Gasteiger partial charge in [0.05, 0.1) is 12.2 Å². The summed E-state index contributed by atoms with van der Waals surface area (Å²) in [5, 5.41) is 5.55. The van der Waals surface area contributed by atoms with E-state index in [1.165, 1.54) is 16.2 Å². The lowest BCUT2D eigenvalue weighted by atomic mass is 9.88. The lowest BCUT2D eigenvalue weighted by Gasteiger charge is -2.25. The summed E-state index contributed by atoms with van der Waals surface area (Å²) in [6.45, 7) is 6.12. The number of hydrogen-bond acceptors (Lipinski definition) is 5. The lowest BCUT2D eigenvalue weighted by Crippen LogP contribution is -2.46. The third kappa shape index (κ3) is 3.33. The van der Waals surface area contributed by atoms with Crippen LogP contribution in [0, 0.1) is 6.92 Å². The highest BCUT2D eigenvalue weighted by molar-refractivity contribution is 7.13. The zero-order chi connectivity index (χ0) is 18.0. The van der Waals surface area contributed by atoms with Crippen LogP contribution in [0.1, 0.15) is 51.0 Å². The van der Waals surface area contributed by atoms with Gasteiger partial charge in [-0.25, -0.2) is 9.78 Å². The minimum absolute atomic E-state index is 0.135. The first kappa shape index (κ1) is 17.7. The van der Waals surface area contributed by atoms with E-state index in [0.717, 1.165) is 23.6 Å². The zero-order valence-corrected chi connectivity index (χ0v) is 15.6. The van der Waals surface area contributed by atoms with E-state index >= 15 is 0 Å². The van der Waals surface area contributed by atoms with Gasteiger partial charge in [0.1, 0.15) is 11.3 Å². The highest BCUT2D eigenvalue weighted by atomic mass is 32.1. The van der Waals surface area contributed by atoms with Crippen LogP contribution in [-0.2, 0) is 11.3 Å². The molecule has 3 heterocycles. The monoisotopic (exact) mass is 361 g/mol. The van der Waals surface area contributed by atoms with Crippen LogP contribution >= 0.6 is 11.3 Å². The molecule has 2 aromatic heterocycles. The molecule has 1 aliphatic rings. The van der Waals surface area contributed by atoms with Crippen molar-refractivity contribution in [2.45, 2.75) is 58.5 Å². The molecule has 0 spiro atoms. The number of furan rings is 1. The molecule has 1 saturated heterocycles. The molecule has 2 aromatic rings. The van der Waals surface area contributed by atoms with E-state index < -0.39 is 5.54 Å². The molecular weight excluding hydrogens is 338 g/mol. The lowest BCUT2D eigenvalue weighted by molar-refractivity contribution is -0.132. The van der Waals surface area contributed by atoms with Crippen molar-refractivity contribution in [1.29, 1.82) is 0 Å². The summed E-state index contributed by atoms with van der Waals surface area (Å²) in [7, 11) is 0. The van der Waals surface area contributed by atoms with Gasteiger partial charge < -0.3 is 9.73 Å². The number of aromatic nitrogens is 1. The first-order chi connectivity index (χ1) is 12.0. The maximum absolute atomic E-state index is 12.9. The molecule has 1 N–H and O–H groups in total. The fourth-order valence-corrected chi connectivity index (χ4v) is 4.11. The predicted octanol–water partition coefficient (Wildman–Crippen LogP) is 4.10. The summed E-state index contributed by atoms with van der Waals surface area (Å²) in [4.78, 5) is 31.1. The maximum atomic E-state index is 12.9. The van der Waals surface area contributed by atoms with Crippen LogP contribution in [0.5, 0.6) is 0 Å². The van der Waals surface area contributed by atoms with Gasteiger partial charge in [-0.15, -0.1) is 11.3 Å². The minimum Gasteiger partial charge on any atom is -0.459 e. The Morgan fingerprint density at radius 2 is 1.96 bits per heavy atom. The predicted molar refractivity (Wildman–Crippen MR) is 96.2 cm³/mol. The van der Waals surface area contributed by atoms with Crippen LogP contribution in [0.4, 0.5) is 4.79 Å². The number of aryl methyl sites for hydroxylation is 1. The number of hydrogen-bond donors (Lipinski definition) is 1. The molecule has 7 heteroatoms. The van der Waals surface area contributed by atoms with Crippen molar-refractivity contribution in [3.05, 3.63) is 29.0 Å². The van der Waals surface area contributed by atoms with Gasteiger partial charge in [-0.05, 0) is 31.9 Å². The third-order valence-corrected chi connectivity index (χ3v) is 5.33. The number of carbonyl (C=O) groups excluding carboxylic acids is 2. The maximum Gasteiger partial charge on any atom is 0.325 e. The second kappa shape index (κ2) is 7.00. The summed E-state index contributed by atoms with van der Waals surface area (Å²) in [6.07, 6.45) is 3.02. The smallest absolute Gasteiger partial charge is 0.325 e. The molecule has 6 nitrogen and oxygen atoms in total. The summed E-state index contributed by atoms with van der Waals surface area (Å²) in [6, 6.07) is 3.44. The largest absolute Gasteiger partial charge is 0.459 e. The van der Waals surface area contributed by atoms with Crippen molar-refractivity contribution < 1.29 is 14.0 Å². The second-order valence-corrected chi connectivity index (χ2v) is 7.32. The number of nitrogens with zero attached hydrogens (tertiary/aromatic N) is 2. The molecule has 0 aromatic carbocycles. The fraction of sp³-hybridized carbons (Fsp3) is 0.500. The summed E-state index contributed by atoms with van der Waals surface area (Å²) in [5.74, 6) is 1.40. The van der Waals surface area contributed by atoms with Gasteiger partial charge in [-0.1, -0.05) is 26.7 Å². The van der Waals surface area contributed by atoms with Crippen LogP contribution in [0.15, 0.2) is 21.9 Å². The number of thiazole rings is 1. The topological polar surface area (TPSA) is 75.4 Å². The van der Waals surface area contributed by atoms with Crippen molar-refractivity contribution in [1.82, 2.24) is 15.2 Å². The molecule has 134 valence electrons. The Hall–Kier alpha value is -2.15. The van der Waals surface area contributed by atoms with E-state index in [1.54, 1.807) is 0 Å². The number of urea groups is 1. The fourth-order valence-electron chi connectivity index (χ4n) is 3.34. The standard InChI is InChI=1S/C18H23N3O3S/c1-4-8-18(9-5-2)16(22)21(17(23)20-18)10-13-11-25-15(19-13)14-7-6-12(3)24-14/h6-7,11H,4-5,8-10H2,1-3H3,(H,20,23). The molecule has 0 radical (unpaired) electrons. The summed E-state index contributed by atoms with van der Waals surface area (Å²) in [5.41, 5.74) is -0.0567. The van der Waals surface area contributed by atoms with Gasteiger partial charge >= 0.3 is 6.03 Å². The molecule has 25 heavy (non-hydrogen) atoms. The van der Waals surface area contributed by atoms with Crippen molar-refractivity contribution in [3.63, 3.8) is 0 Å². The van der Waals surface area contributed by atoms with Gasteiger partial charge in [0.2, 0.25) is 0 Å². The van der Waals surface area contributed by atoms with E-state index in [9.17, 15) is 9.59 Å². The first-order valence-corrected chi connectivity index (χ1v) is 9.52. The van der Waals surface area contributed by atoms with Gasteiger partial charge in [-0.2, -0.15) is 0 Å². The Kier molecular flexibility index (Phi) is 4.94. The van der Waals surface area contributed by atoms with Crippen LogP contribution < -0.4 is 5.32 Å². The normalized spacial score (nSPS) is 16.5. The number of imide groups is 1. The molecule has 0 saturated carbocycles. The highest BCUT2D eigenvalue weighted by Gasteiger charge is 2.49. The Morgan fingerprint density at radius 3 is 2.56 bits per heavy atom. The third-order valence-electron chi connectivity index (χ3n) is 4.42. The Bertz CT molecular complexity index is 774. The molecule has 3 amide bonds. The van der Waals surface area contributed by atoms with E-state index in [-0.39, 0.29) is 18.5 Å². The van der Waals surface area contributed by atoms with Crippen molar-refractivity contribution in [3.8, 4) is 10.8 Å². The molecule has 0 unspecified atom stereocenters. The average Bonchev–Trinajstić information content (AvgIpc) is 3.25. The van der Waals surface area contributed by atoms with Gasteiger partial charge in [0.15, 0.2) is 10.8 Å². The van der Waals surface area contributed by atoms with E-state index in [4.69, 9.17) is 4.42 Å². The second-order valence-electron chi connectivity index (χ2n) is 6.46. The van der Waals surface area contributed by atoms with Gasteiger partial charge in [0, 0.05) is 5.38 Å². The van der Waals surface area contributed by atoms with Crippen LogP contribution in [-0.4, -0.2) is 27.4 Å². The molecule has 0 bridgehead atoms. The number of carbonyl (C=O) groups is 2. The SMILES string of the molecule is CCCC1(CCC)NC(=O)N(Cc2csc(-c3ccc(C)o3)n2)C1=O.